The summed E-state index contributed by atoms with van der Waals surface area (Å²) in [6.45, 7) is 0.541. The standard InChI is InChI=1S/C19H17FN2O4/c20-14-3-1-2-4-15(14)22-19(24)13-8-12(13)18(23)21-9-11-5-6-16-17(7-11)26-10-25-16/h1-7,12-13H,8-10H2,(H,21,23)(H,22,24). The number of anilines is 1. The smallest absolute Gasteiger partial charge is 0.231 e. The molecule has 1 saturated carbocycles. The molecule has 0 radical (unpaired) electrons. The van der Waals surface area contributed by atoms with Gasteiger partial charge in [0.15, 0.2) is 11.5 Å². The topological polar surface area (TPSA) is 76.7 Å². The van der Waals surface area contributed by atoms with E-state index in [2.05, 4.69) is 10.6 Å². The van der Waals surface area contributed by atoms with Gasteiger partial charge in [0.1, 0.15) is 5.82 Å². The van der Waals surface area contributed by atoms with Gasteiger partial charge in [0.05, 0.1) is 17.5 Å². The van der Waals surface area contributed by atoms with Crippen molar-refractivity contribution in [1.29, 1.82) is 0 Å². The first-order valence-electron chi connectivity index (χ1n) is 8.33. The van der Waals surface area contributed by atoms with E-state index in [1.807, 2.05) is 12.1 Å². The summed E-state index contributed by atoms with van der Waals surface area (Å²) in [5.41, 5.74) is 1.01. The van der Waals surface area contributed by atoms with Gasteiger partial charge in [-0.15, -0.1) is 0 Å². The highest BCUT2D eigenvalue weighted by molar-refractivity contribution is 5.99. The number of fused-ring (bicyclic) bond motifs is 1. The minimum atomic E-state index is -0.495. The van der Waals surface area contributed by atoms with E-state index in [0.717, 1.165) is 5.56 Å². The summed E-state index contributed by atoms with van der Waals surface area (Å²) >= 11 is 0. The van der Waals surface area contributed by atoms with Crippen LogP contribution in [0.2, 0.25) is 0 Å². The first-order valence-corrected chi connectivity index (χ1v) is 8.33. The van der Waals surface area contributed by atoms with Crippen molar-refractivity contribution in [2.24, 2.45) is 11.8 Å². The van der Waals surface area contributed by atoms with E-state index in [1.54, 1.807) is 18.2 Å². The van der Waals surface area contributed by atoms with Crippen molar-refractivity contribution in [3.05, 3.63) is 53.8 Å². The van der Waals surface area contributed by atoms with Gasteiger partial charge < -0.3 is 20.1 Å². The number of amides is 2. The van der Waals surface area contributed by atoms with Gasteiger partial charge in [0.25, 0.3) is 0 Å². The summed E-state index contributed by atoms with van der Waals surface area (Å²) in [4.78, 5) is 24.4. The SMILES string of the molecule is O=C(NCc1ccc2c(c1)OCO2)C1CC1C(=O)Nc1ccccc1F. The fraction of sp³-hybridized carbons (Fsp3) is 0.263. The number of para-hydroxylation sites is 1. The molecule has 2 aromatic carbocycles. The first kappa shape index (κ1) is 16.4. The Balaban J connectivity index is 1.29. The molecule has 134 valence electrons. The van der Waals surface area contributed by atoms with Crippen LogP contribution in [-0.2, 0) is 16.1 Å². The Morgan fingerprint density at radius 1 is 1.04 bits per heavy atom. The van der Waals surface area contributed by atoms with Crippen molar-refractivity contribution in [2.75, 3.05) is 12.1 Å². The second-order valence-corrected chi connectivity index (χ2v) is 6.32. The summed E-state index contributed by atoms with van der Waals surface area (Å²) in [6, 6.07) is 11.4. The molecule has 26 heavy (non-hydrogen) atoms. The molecule has 2 N–H and O–H groups in total. The number of hydrogen-bond acceptors (Lipinski definition) is 4. The molecule has 0 spiro atoms. The largest absolute Gasteiger partial charge is 0.454 e. The number of halogens is 1. The zero-order valence-electron chi connectivity index (χ0n) is 13.8. The monoisotopic (exact) mass is 356 g/mol. The molecule has 6 nitrogen and oxygen atoms in total. The van der Waals surface area contributed by atoms with Gasteiger partial charge in [-0.2, -0.15) is 0 Å². The predicted octanol–water partition coefficient (Wildman–Crippen LogP) is 2.45. The maximum Gasteiger partial charge on any atom is 0.231 e. The zero-order valence-corrected chi connectivity index (χ0v) is 13.8. The van der Waals surface area contributed by atoms with Crippen molar-refractivity contribution >= 4 is 17.5 Å². The number of benzene rings is 2. The fourth-order valence-electron chi connectivity index (χ4n) is 2.93. The van der Waals surface area contributed by atoms with Gasteiger partial charge >= 0.3 is 0 Å². The number of ether oxygens (including phenoxy) is 2. The second-order valence-electron chi connectivity index (χ2n) is 6.32. The van der Waals surface area contributed by atoms with Crippen LogP contribution in [0.4, 0.5) is 10.1 Å². The maximum atomic E-state index is 13.6. The normalized spacial score (nSPS) is 19.7. The molecule has 1 aliphatic heterocycles. The Bertz CT molecular complexity index is 870. The van der Waals surface area contributed by atoms with Crippen LogP contribution in [-0.4, -0.2) is 18.6 Å². The highest BCUT2D eigenvalue weighted by atomic mass is 19.1. The molecule has 2 amide bonds. The lowest BCUT2D eigenvalue weighted by Gasteiger charge is -2.07. The lowest BCUT2D eigenvalue weighted by molar-refractivity contribution is -0.125. The highest BCUT2D eigenvalue weighted by Crippen LogP contribution is 2.40. The average Bonchev–Trinajstić information content (AvgIpc) is 3.32. The summed E-state index contributed by atoms with van der Waals surface area (Å²) in [7, 11) is 0. The van der Waals surface area contributed by atoms with Crippen molar-refractivity contribution in [1.82, 2.24) is 5.32 Å². The lowest BCUT2D eigenvalue weighted by Crippen LogP contribution is -2.27. The second kappa shape index (κ2) is 6.67. The molecule has 2 atom stereocenters. The summed E-state index contributed by atoms with van der Waals surface area (Å²) in [5.74, 6) is -0.473. The van der Waals surface area contributed by atoms with Gasteiger partial charge in [-0.3, -0.25) is 9.59 Å². The molecule has 4 rings (SSSR count). The average molecular weight is 356 g/mol. The van der Waals surface area contributed by atoms with Crippen LogP contribution < -0.4 is 20.1 Å². The molecule has 2 aliphatic rings. The van der Waals surface area contributed by atoms with Gasteiger partial charge in [0.2, 0.25) is 18.6 Å². The maximum absolute atomic E-state index is 13.6. The molecule has 0 aromatic heterocycles. The fourth-order valence-corrected chi connectivity index (χ4v) is 2.93. The lowest BCUT2D eigenvalue weighted by atomic mass is 10.2. The van der Waals surface area contributed by atoms with Crippen LogP contribution in [0.5, 0.6) is 11.5 Å². The van der Waals surface area contributed by atoms with Gasteiger partial charge in [-0.1, -0.05) is 18.2 Å². The number of hydrogen-bond donors (Lipinski definition) is 2. The van der Waals surface area contributed by atoms with Gasteiger partial charge in [0, 0.05) is 6.54 Å². The Hall–Kier alpha value is -3.09. The minimum absolute atomic E-state index is 0.129. The van der Waals surface area contributed by atoms with E-state index in [1.165, 1.54) is 12.1 Å². The summed E-state index contributed by atoms with van der Waals surface area (Å²) < 4.78 is 24.1. The number of carbonyl (C=O) groups is 2. The van der Waals surface area contributed by atoms with Crippen LogP contribution in [0.3, 0.4) is 0 Å². The van der Waals surface area contributed by atoms with E-state index in [9.17, 15) is 14.0 Å². The Morgan fingerprint density at radius 2 is 1.81 bits per heavy atom. The van der Waals surface area contributed by atoms with Crippen LogP contribution in [0.1, 0.15) is 12.0 Å². The van der Waals surface area contributed by atoms with Crippen LogP contribution in [0.25, 0.3) is 0 Å². The van der Waals surface area contributed by atoms with Crippen molar-refractivity contribution in [3.8, 4) is 11.5 Å². The Kier molecular flexibility index (Phi) is 4.20. The Labute approximate surface area is 149 Å². The molecule has 1 fully saturated rings. The van der Waals surface area contributed by atoms with Crippen LogP contribution >= 0.6 is 0 Å². The van der Waals surface area contributed by atoms with Crippen molar-refractivity contribution < 1.29 is 23.5 Å². The van der Waals surface area contributed by atoms with E-state index in [4.69, 9.17) is 9.47 Å². The number of rotatable bonds is 5. The van der Waals surface area contributed by atoms with Crippen molar-refractivity contribution in [3.63, 3.8) is 0 Å². The molecule has 0 bridgehead atoms. The molecule has 1 heterocycles. The first-order chi connectivity index (χ1) is 12.6. The molecule has 2 aromatic rings. The van der Waals surface area contributed by atoms with Gasteiger partial charge in [-0.25, -0.2) is 4.39 Å². The number of carbonyl (C=O) groups excluding carboxylic acids is 2. The number of nitrogens with one attached hydrogen (secondary N) is 2. The molecular formula is C19H17FN2O4. The summed E-state index contributed by atoms with van der Waals surface area (Å²) in [5, 5.41) is 5.36. The van der Waals surface area contributed by atoms with E-state index in [-0.39, 0.29) is 30.2 Å². The predicted molar refractivity (Wildman–Crippen MR) is 91.0 cm³/mol. The van der Waals surface area contributed by atoms with E-state index in [0.29, 0.717) is 24.5 Å². The van der Waals surface area contributed by atoms with E-state index < -0.39 is 11.7 Å². The molecule has 1 aliphatic carbocycles. The molecule has 0 saturated heterocycles. The van der Waals surface area contributed by atoms with Crippen molar-refractivity contribution in [2.45, 2.75) is 13.0 Å². The van der Waals surface area contributed by atoms with Crippen LogP contribution in [0.15, 0.2) is 42.5 Å². The van der Waals surface area contributed by atoms with Gasteiger partial charge in [-0.05, 0) is 36.2 Å². The molecule has 2 unspecified atom stereocenters. The Morgan fingerprint density at radius 3 is 2.65 bits per heavy atom. The zero-order chi connectivity index (χ0) is 18.1. The third kappa shape index (κ3) is 3.33. The third-order valence-electron chi connectivity index (χ3n) is 4.50. The third-order valence-corrected chi connectivity index (χ3v) is 4.50. The molecule has 7 heteroatoms. The minimum Gasteiger partial charge on any atom is -0.454 e. The van der Waals surface area contributed by atoms with Crippen LogP contribution in [0, 0.1) is 17.7 Å². The highest BCUT2D eigenvalue weighted by Gasteiger charge is 2.48. The van der Waals surface area contributed by atoms with E-state index >= 15 is 0 Å². The summed E-state index contributed by atoms with van der Waals surface area (Å²) in [6.07, 6.45) is 0.466. The molecular weight excluding hydrogens is 339 g/mol. The quantitative estimate of drug-likeness (QED) is 0.863.